The number of halogens is 4. The first kappa shape index (κ1) is 12.9. The molecule has 0 aliphatic carbocycles. The van der Waals surface area contributed by atoms with Crippen molar-refractivity contribution in [2.45, 2.75) is 6.18 Å². The number of benzene rings is 1. The Kier molecular flexibility index (Phi) is 2.86. The summed E-state index contributed by atoms with van der Waals surface area (Å²) >= 11 is 5.68. The SMILES string of the molecule is FC(F)(F)c1ccccc1-n1ncc2cnc(Cl)nc21. The van der Waals surface area contributed by atoms with Gasteiger partial charge < -0.3 is 0 Å². The van der Waals surface area contributed by atoms with E-state index in [1.54, 1.807) is 0 Å². The van der Waals surface area contributed by atoms with Crippen molar-refractivity contribution < 1.29 is 13.2 Å². The maximum Gasteiger partial charge on any atom is 0.418 e. The highest BCUT2D eigenvalue weighted by Crippen LogP contribution is 2.34. The van der Waals surface area contributed by atoms with Crippen molar-refractivity contribution in [3.8, 4) is 5.69 Å². The summed E-state index contributed by atoms with van der Waals surface area (Å²) in [4.78, 5) is 7.69. The molecule has 0 radical (unpaired) electrons. The van der Waals surface area contributed by atoms with Crippen molar-refractivity contribution in [1.82, 2.24) is 19.7 Å². The van der Waals surface area contributed by atoms with E-state index in [2.05, 4.69) is 15.1 Å². The van der Waals surface area contributed by atoms with Crippen LogP contribution in [0.25, 0.3) is 16.7 Å². The Balaban J connectivity index is 2.29. The molecule has 0 amide bonds. The van der Waals surface area contributed by atoms with Gasteiger partial charge in [0, 0.05) is 6.20 Å². The second kappa shape index (κ2) is 4.45. The predicted octanol–water partition coefficient (Wildman–Crippen LogP) is 3.49. The summed E-state index contributed by atoms with van der Waals surface area (Å²) in [6.45, 7) is 0. The molecule has 0 saturated heterocycles. The molecule has 2 aromatic heterocycles. The van der Waals surface area contributed by atoms with Crippen LogP contribution < -0.4 is 0 Å². The predicted molar refractivity (Wildman–Crippen MR) is 66.7 cm³/mol. The lowest BCUT2D eigenvalue weighted by Crippen LogP contribution is -2.11. The second-order valence-corrected chi connectivity index (χ2v) is 4.33. The number of aromatic nitrogens is 4. The number of hydrogen-bond acceptors (Lipinski definition) is 3. The molecule has 3 aromatic rings. The molecule has 0 saturated carbocycles. The van der Waals surface area contributed by atoms with Gasteiger partial charge in [-0.2, -0.15) is 23.3 Å². The molecule has 0 spiro atoms. The average Bonchev–Trinajstić information content (AvgIpc) is 2.80. The van der Waals surface area contributed by atoms with Gasteiger partial charge in [-0.15, -0.1) is 0 Å². The molecule has 2 heterocycles. The molecule has 8 heteroatoms. The fraction of sp³-hybridized carbons (Fsp3) is 0.0833. The topological polar surface area (TPSA) is 43.6 Å². The Morgan fingerprint density at radius 2 is 1.85 bits per heavy atom. The Morgan fingerprint density at radius 3 is 2.60 bits per heavy atom. The Morgan fingerprint density at radius 1 is 1.10 bits per heavy atom. The molecule has 4 nitrogen and oxygen atoms in total. The highest BCUT2D eigenvalue weighted by Gasteiger charge is 2.34. The van der Waals surface area contributed by atoms with E-state index in [9.17, 15) is 13.2 Å². The molecule has 0 bridgehead atoms. The third-order valence-corrected chi connectivity index (χ3v) is 2.90. The lowest BCUT2D eigenvalue weighted by molar-refractivity contribution is -0.137. The van der Waals surface area contributed by atoms with Crippen LogP contribution in [0.4, 0.5) is 13.2 Å². The van der Waals surface area contributed by atoms with Crippen LogP contribution in [0, 0.1) is 0 Å². The van der Waals surface area contributed by atoms with Crippen molar-refractivity contribution in [2.75, 3.05) is 0 Å². The van der Waals surface area contributed by atoms with Crippen LogP contribution in [-0.2, 0) is 6.18 Å². The zero-order valence-electron chi connectivity index (χ0n) is 9.76. The van der Waals surface area contributed by atoms with Gasteiger partial charge in [-0.3, -0.25) is 0 Å². The van der Waals surface area contributed by atoms with E-state index >= 15 is 0 Å². The normalized spacial score (nSPS) is 12.0. The fourth-order valence-electron chi connectivity index (χ4n) is 1.87. The highest BCUT2D eigenvalue weighted by atomic mass is 35.5. The van der Waals surface area contributed by atoms with Crippen LogP contribution in [0.5, 0.6) is 0 Å². The molecule has 0 unspecified atom stereocenters. The molecule has 102 valence electrons. The zero-order valence-corrected chi connectivity index (χ0v) is 10.5. The number of nitrogens with zero attached hydrogens (tertiary/aromatic N) is 4. The van der Waals surface area contributed by atoms with Crippen molar-refractivity contribution in [2.24, 2.45) is 0 Å². The summed E-state index contributed by atoms with van der Waals surface area (Å²) in [6, 6.07) is 5.14. The monoisotopic (exact) mass is 298 g/mol. The Labute approximate surface area is 115 Å². The van der Waals surface area contributed by atoms with Gasteiger partial charge >= 0.3 is 6.18 Å². The summed E-state index contributed by atoms with van der Waals surface area (Å²) in [5.41, 5.74) is -0.675. The molecule has 20 heavy (non-hydrogen) atoms. The summed E-state index contributed by atoms with van der Waals surface area (Å²) in [7, 11) is 0. The first-order chi connectivity index (χ1) is 9.47. The first-order valence-electron chi connectivity index (χ1n) is 5.50. The number of para-hydroxylation sites is 1. The van der Waals surface area contributed by atoms with Crippen LogP contribution >= 0.6 is 11.6 Å². The standard InChI is InChI=1S/C12H6ClF3N4/c13-11-17-5-7-6-18-20(10(7)19-11)9-4-2-1-3-8(9)12(14,15)16/h1-6H. The van der Waals surface area contributed by atoms with Crippen LogP contribution in [0.2, 0.25) is 5.28 Å². The van der Waals surface area contributed by atoms with Gasteiger partial charge in [-0.25, -0.2) is 9.67 Å². The minimum absolute atomic E-state index is 0.0521. The van der Waals surface area contributed by atoms with E-state index in [1.807, 2.05) is 0 Å². The van der Waals surface area contributed by atoms with Crippen LogP contribution in [-0.4, -0.2) is 19.7 Å². The lowest BCUT2D eigenvalue weighted by Gasteiger charge is -2.12. The molecule has 0 aliphatic rings. The van der Waals surface area contributed by atoms with Gasteiger partial charge in [0.05, 0.1) is 22.8 Å². The lowest BCUT2D eigenvalue weighted by atomic mass is 10.1. The Bertz CT molecular complexity index is 782. The van der Waals surface area contributed by atoms with Crippen molar-refractivity contribution in [3.05, 3.63) is 47.5 Å². The van der Waals surface area contributed by atoms with Crippen LogP contribution in [0.15, 0.2) is 36.7 Å². The maximum atomic E-state index is 13.0. The average molecular weight is 299 g/mol. The van der Waals surface area contributed by atoms with E-state index in [4.69, 9.17) is 11.6 Å². The molecule has 0 aliphatic heterocycles. The molecule has 0 N–H and O–H groups in total. The van der Waals surface area contributed by atoms with E-state index in [0.29, 0.717) is 5.39 Å². The van der Waals surface area contributed by atoms with Gasteiger partial charge in [0.25, 0.3) is 0 Å². The van der Waals surface area contributed by atoms with Gasteiger partial charge in [0.2, 0.25) is 5.28 Å². The number of fused-ring (bicyclic) bond motifs is 1. The fourth-order valence-corrected chi connectivity index (χ4v) is 2.00. The van der Waals surface area contributed by atoms with Crippen molar-refractivity contribution in [1.29, 1.82) is 0 Å². The number of alkyl halides is 3. The van der Waals surface area contributed by atoms with Crippen molar-refractivity contribution in [3.63, 3.8) is 0 Å². The van der Waals surface area contributed by atoms with Gasteiger partial charge in [0.1, 0.15) is 0 Å². The molecule has 0 fully saturated rings. The summed E-state index contributed by atoms with van der Waals surface area (Å²) < 4.78 is 40.2. The zero-order chi connectivity index (χ0) is 14.3. The van der Waals surface area contributed by atoms with E-state index in [0.717, 1.165) is 10.7 Å². The second-order valence-electron chi connectivity index (χ2n) is 3.99. The largest absolute Gasteiger partial charge is 0.418 e. The molecular weight excluding hydrogens is 293 g/mol. The smallest absolute Gasteiger partial charge is 0.226 e. The molecule has 3 rings (SSSR count). The first-order valence-corrected chi connectivity index (χ1v) is 5.87. The summed E-state index contributed by atoms with van der Waals surface area (Å²) in [6.07, 6.45) is -1.69. The van der Waals surface area contributed by atoms with E-state index < -0.39 is 11.7 Å². The van der Waals surface area contributed by atoms with Crippen LogP contribution in [0.3, 0.4) is 0 Å². The maximum absolute atomic E-state index is 13.0. The molecular formula is C12H6ClF3N4. The molecule has 0 atom stereocenters. The quantitative estimate of drug-likeness (QED) is 0.646. The minimum Gasteiger partial charge on any atom is -0.226 e. The van der Waals surface area contributed by atoms with Crippen LogP contribution in [0.1, 0.15) is 5.56 Å². The molecule has 1 aromatic carbocycles. The number of rotatable bonds is 1. The highest BCUT2D eigenvalue weighted by molar-refractivity contribution is 6.28. The van der Waals surface area contributed by atoms with Gasteiger partial charge in [-0.05, 0) is 23.7 Å². The summed E-state index contributed by atoms with van der Waals surface area (Å²) in [5.74, 6) is 0. The van der Waals surface area contributed by atoms with Gasteiger partial charge in [0.15, 0.2) is 5.65 Å². The third-order valence-electron chi connectivity index (χ3n) is 2.72. The third kappa shape index (κ3) is 2.09. The van der Waals surface area contributed by atoms with E-state index in [-0.39, 0.29) is 16.6 Å². The van der Waals surface area contributed by atoms with Crippen molar-refractivity contribution >= 4 is 22.6 Å². The summed E-state index contributed by atoms with van der Waals surface area (Å²) in [5, 5.41) is 4.39. The Hall–Kier alpha value is -2.15. The number of hydrogen-bond donors (Lipinski definition) is 0. The van der Waals surface area contributed by atoms with E-state index in [1.165, 1.54) is 30.6 Å². The minimum atomic E-state index is -4.48. The van der Waals surface area contributed by atoms with Gasteiger partial charge in [-0.1, -0.05) is 12.1 Å².